The van der Waals surface area contributed by atoms with Crippen molar-refractivity contribution in [3.63, 3.8) is 0 Å². The number of aliphatic hydroxyl groups excluding tert-OH is 1. The fourth-order valence-electron chi connectivity index (χ4n) is 5.00. The van der Waals surface area contributed by atoms with E-state index in [0.29, 0.717) is 64.1 Å². The number of ether oxygens (including phenoxy) is 1. The number of nitrogen functional groups attached to an aromatic ring is 1. The number of piperazine rings is 1. The molecule has 3 aliphatic rings. The van der Waals surface area contributed by atoms with Crippen LogP contribution in [0.25, 0.3) is 11.3 Å². The van der Waals surface area contributed by atoms with Gasteiger partial charge in [0.15, 0.2) is 5.13 Å². The van der Waals surface area contributed by atoms with Crippen LogP contribution in [0.3, 0.4) is 0 Å². The van der Waals surface area contributed by atoms with Crippen molar-refractivity contribution >= 4 is 40.1 Å². The molecular formula is C24H30N10O3S. The van der Waals surface area contributed by atoms with Crippen molar-refractivity contribution in [2.24, 2.45) is 0 Å². The zero-order valence-corrected chi connectivity index (χ0v) is 21.8. The molecule has 0 spiro atoms. The van der Waals surface area contributed by atoms with Gasteiger partial charge < -0.3 is 30.3 Å². The Balaban J connectivity index is 1.29. The summed E-state index contributed by atoms with van der Waals surface area (Å²) in [6.07, 6.45) is 4.11. The van der Waals surface area contributed by atoms with Crippen molar-refractivity contribution in [2.75, 3.05) is 87.7 Å². The summed E-state index contributed by atoms with van der Waals surface area (Å²) in [5.41, 5.74) is 8.74. The molecule has 3 aromatic heterocycles. The van der Waals surface area contributed by atoms with Gasteiger partial charge in [0.25, 0.3) is 5.91 Å². The average Bonchev–Trinajstić information content (AvgIpc) is 3.61. The van der Waals surface area contributed by atoms with Crippen LogP contribution in [0.1, 0.15) is 16.1 Å². The number of fused-ring (bicyclic) bond motifs is 1. The molecule has 3 N–H and O–H groups in total. The van der Waals surface area contributed by atoms with Crippen LogP contribution in [0.4, 0.5) is 22.8 Å². The number of hydrogen-bond donors (Lipinski definition) is 2. The van der Waals surface area contributed by atoms with Gasteiger partial charge in [-0.25, -0.2) is 19.9 Å². The Bertz CT molecular complexity index is 1290. The number of aromatic nitrogens is 5. The van der Waals surface area contributed by atoms with Crippen LogP contribution in [0.15, 0.2) is 17.8 Å². The summed E-state index contributed by atoms with van der Waals surface area (Å²) in [5, 5.41) is 11.7. The maximum Gasteiger partial charge on any atom is 0.273 e. The zero-order chi connectivity index (χ0) is 26.1. The zero-order valence-electron chi connectivity index (χ0n) is 21.0. The summed E-state index contributed by atoms with van der Waals surface area (Å²) < 4.78 is 5.53. The van der Waals surface area contributed by atoms with Crippen LogP contribution in [-0.4, -0.2) is 118 Å². The van der Waals surface area contributed by atoms with Crippen LogP contribution in [0.2, 0.25) is 0 Å². The minimum absolute atomic E-state index is 0.0630. The molecule has 3 aromatic rings. The summed E-state index contributed by atoms with van der Waals surface area (Å²) in [5.74, 6) is 1.56. The molecule has 6 rings (SSSR count). The van der Waals surface area contributed by atoms with E-state index in [1.807, 2.05) is 10.3 Å². The molecular weight excluding hydrogens is 508 g/mol. The van der Waals surface area contributed by atoms with E-state index in [-0.39, 0.29) is 18.5 Å². The molecule has 6 heterocycles. The Hall–Kier alpha value is -3.46. The van der Waals surface area contributed by atoms with Crippen molar-refractivity contribution in [1.29, 1.82) is 0 Å². The SMILES string of the molecule is Nc1ncc(-c2nc(N3CCOCC3)nc3c2CCN3c2nc(C(=O)N3CCN(CCO)CC3)cs2)cn1. The predicted molar refractivity (Wildman–Crippen MR) is 143 cm³/mol. The molecule has 200 valence electrons. The number of β-amino-alcohol motifs (C(OH)–C–C–N with tert-alkyl or cyclic N) is 1. The molecule has 0 saturated carbocycles. The van der Waals surface area contributed by atoms with Gasteiger partial charge in [-0.3, -0.25) is 9.69 Å². The normalized spacial score (nSPS) is 18.2. The summed E-state index contributed by atoms with van der Waals surface area (Å²) in [7, 11) is 0. The van der Waals surface area contributed by atoms with Gasteiger partial charge in [0, 0.05) is 81.3 Å². The van der Waals surface area contributed by atoms with Crippen molar-refractivity contribution in [3.8, 4) is 11.3 Å². The topological polar surface area (TPSA) is 150 Å². The summed E-state index contributed by atoms with van der Waals surface area (Å²) >= 11 is 1.45. The van der Waals surface area contributed by atoms with Crippen molar-refractivity contribution in [1.82, 2.24) is 34.7 Å². The van der Waals surface area contributed by atoms with E-state index >= 15 is 0 Å². The number of nitrogens with two attached hydrogens (primary N) is 1. The van der Waals surface area contributed by atoms with E-state index in [1.54, 1.807) is 12.4 Å². The molecule has 0 bridgehead atoms. The van der Waals surface area contributed by atoms with Gasteiger partial charge in [-0.2, -0.15) is 4.98 Å². The minimum atomic E-state index is -0.0630. The van der Waals surface area contributed by atoms with E-state index in [0.717, 1.165) is 47.3 Å². The van der Waals surface area contributed by atoms with Gasteiger partial charge in [-0.15, -0.1) is 11.3 Å². The molecule has 3 aliphatic heterocycles. The lowest BCUT2D eigenvalue weighted by Gasteiger charge is -2.33. The number of carbonyl (C=O) groups excluding carboxylic acids is 1. The maximum atomic E-state index is 13.2. The molecule has 14 heteroatoms. The van der Waals surface area contributed by atoms with E-state index in [9.17, 15) is 4.79 Å². The monoisotopic (exact) mass is 538 g/mol. The molecule has 0 atom stereocenters. The third-order valence-corrected chi connectivity index (χ3v) is 7.94. The van der Waals surface area contributed by atoms with Gasteiger partial charge in [0.05, 0.1) is 25.5 Å². The van der Waals surface area contributed by atoms with Crippen molar-refractivity contribution < 1.29 is 14.6 Å². The van der Waals surface area contributed by atoms with Gasteiger partial charge >= 0.3 is 0 Å². The maximum absolute atomic E-state index is 13.2. The molecule has 2 saturated heterocycles. The highest BCUT2D eigenvalue weighted by atomic mass is 32.1. The highest BCUT2D eigenvalue weighted by molar-refractivity contribution is 7.14. The first kappa shape index (κ1) is 24.9. The molecule has 2 fully saturated rings. The van der Waals surface area contributed by atoms with Gasteiger partial charge in [0.2, 0.25) is 11.9 Å². The molecule has 0 radical (unpaired) electrons. The first-order chi connectivity index (χ1) is 18.6. The number of rotatable bonds is 6. The van der Waals surface area contributed by atoms with Gasteiger partial charge in [-0.05, 0) is 6.42 Å². The number of hydrogen-bond acceptors (Lipinski definition) is 13. The molecule has 38 heavy (non-hydrogen) atoms. The fraction of sp³-hybridized carbons (Fsp3) is 0.500. The molecule has 13 nitrogen and oxygen atoms in total. The van der Waals surface area contributed by atoms with Crippen LogP contribution < -0.4 is 15.5 Å². The standard InChI is InChI=1S/C24H30N10O3S/c25-22-26-13-16(14-27-22)19-17-1-2-34(20(17)30-23(29-19)33-8-11-37-12-9-33)24-28-18(15-38-24)21(36)32-5-3-31(4-6-32)7-10-35/h13-15,35H,1-12H2,(H2,25,26,27). The quantitative estimate of drug-likeness (QED) is 0.443. The van der Waals surface area contributed by atoms with E-state index < -0.39 is 0 Å². The van der Waals surface area contributed by atoms with Gasteiger partial charge in [-0.1, -0.05) is 0 Å². The number of amides is 1. The summed E-state index contributed by atoms with van der Waals surface area (Å²) in [6.45, 7) is 6.86. The predicted octanol–water partition coefficient (Wildman–Crippen LogP) is 0.253. The van der Waals surface area contributed by atoms with E-state index in [2.05, 4.69) is 24.7 Å². The Morgan fingerprint density at radius 2 is 1.79 bits per heavy atom. The number of morpholine rings is 1. The first-order valence-electron chi connectivity index (χ1n) is 12.8. The fourth-order valence-corrected chi connectivity index (χ4v) is 5.82. The largest absolute Gasteiger partial charge is 0.395 e. The second-order valence-electron chi connectivity index (χ2n) is 9.38. The second kappa shape index (κ2) is 10.7. The average molecular weight is 539 g/mol. The summed E-state index contributed by atoms with van der Waals surface area (Å²) in [4.78, 5) is 44.4. The third-order valence-electron chi connectivity index (χ3n) is 7.07. The number of thiazole rings is 1. The van der Waals surface area contributed by atoms with E-state index in [1.165, 1.54) is 11.3 Å². The number of nitrogens with zero attached hydrogens (tertiary/aromatic N) is 9. The smallest absolute Gasteiger partial charge is 0.273 e. The lowest BCUT2D eigenvalue weighted by Crippen LogP contribution is -2.49. The lowest BCUT2D eigenvalue weighted by atomic mass is 10.1. The Labute approximate surface area is 223 Å². The highest BCUT2D eigenvalue weighted by Gasteiger charge is 2.32. The molecule has 1 amide bonds. The summed E-state index contributed by atoms with van der Waals surface area (Å²) in [6, 6.07) is 0. The number of aliphatic hydroxyl groups is 1. The molecule has 0 aromatic carbocycles. The minimum Gasteiger partial charge on any atom is -0.395 e. The van der Waals surface area contributed by atoms with Crippen molar-refractivity contribution in [2.45, 2.75) is 6.42 Å². The van der Waals surface area contributed by atoms with Crippen LogP contribution in [0.5, 0.6) is 0 Å². The van der Waals surface area contributed by atoms with Crippen molar-refractivity contribution in [3.05, 3.63) is 29.0 Å². The molecule has 0 aliphatic carbocycles. The third kappa shape index (κ3) is 4.87. The first-order valence-corrected chi connectivity index (χ1v) is 13.7. The number of carbonyl (C=O) groups is 1. The second-order valence-corrected chi connectivity index (χ2v) is 10.2. The van der Waals surface area contributed by atoms with Crippen LogP contribution in [-0.2, 0) is 11.2 Å². The highest BCUT2D eigenvalue weighted by Crippen LogP contribution is 2.40. The Kier molecular flexibility index (Phi) is 7.02. The van der Waals surface area contributed by atoms with Gasteiger partial charge in [0.1, 0.15) is 11.5 Å². The number of anilines is 4. The Morgan fingerprint density at radius 1 is 1.03 bits per heavy atom. The lowest BCUT2D eigenvalue weighted by molar-refractivity contribution is 0.0610. The molecule has 0 unspecified atom stereocenters. The van der Waals surface area contributed by atoms with E-state index in [4.69, 9.17) is 30.5 Å². The van der Waals surface area contributed by atoms with Crippen LogP contribution >= 0.6 is 11.3 Å². The van der Waals surface area contributed by atoms with Crippen LogP contribution in [0, 0.1) is 0 Å². The Morgan fingerprint density at radius 3 is 2.53 bits per heavy atom.